The number of hydrogen-bond donors (Lipinski definition) is 0. The molecule has 1 aliphatic heterocycles. The summed E-state index contributed by atoms with van der Waals surface area (Å²) >= 11 is 3.45. The Labute approximate surface area is 139 Å². The molecule has 1 aliphatic rings. The van der Waals surface area contributed by atoms with E-state index in [2.05, 4.69) is 28.1 Å². The van der Waals surface area contributed by atoms with Crippen LogP contribution in [0.5, 0.6) is 0 Å². The molecule has 3 rings (SSSR count). The molecule has 0 spiro atoms. The van der Waals surface area contributed by atoms with E-state index >= 15 is 0 Å². The number of ether oxygens (including phenoxy) is 1. The van der Waals surface area contributed by atoms with E-state index in [9.17, 15) is 4.79 Å². The molecule has 1 amide bonds. The van der Waals surface area contributed by atoms with Crippen molar-refractivity contribution in [1.82, 2.24) is 4.90 Å². The predicted molar refractivity (Wildman–Crippen MR) is 89.7 cm³/mol. The van der Waals surface area contributed by atoms with Crippen LogP contribution in [0.2, 0.25) is 0 Å². The zero-order valence-electron chi connectivity index (χ0n) is 12.2. The lowest BCUT2D eigenvalue weighted by Gasteiger charge is -2.16. The Morgan fingerprint density at radius 2 is 1.86 bits per heavy atom. The van der Waals surface area contributed by atoms with E-state index in [1.165, 1.54) is 5.56 Å². The van der Waals surface area contributed by atoms with Crippen LogP contribution in [0, 0.1) is 0 Å². The van der Waals surface area contributed by atoms with Gasteiger partial charge in [-0.2, -0.15) is 0 Å². The van der Waals surface area contributed by atoms with Gasteiger partial charge in [0.2, 0.25) is 0 Å². The van der Waals surface area contributed by atoms with Crippen LogP contribution in [0.3, 0.4) is 0 Å². The maximum atomic E-state index is 12.1. The van der Waals surface area contributed by atoms with Gasteiger partial charge in [-0.15, -0.1) is 0 Å². The Morgan fingerprint density at radius 3 is 2.59 bits per heavy atom. The Morgan fingerprint density at radius 1 is 1.14 bits per heavy atom. The van der Waals surface area contributed by atoms with E-state index in [1.807, 2.05) is 42.5 Å². The molecule has 2 aromatic rings. The number of likely N-dealkylation sites (tertiary alicyclic amines) is 1. The van der Waals surface area contributed by atoms with Gasteiger partial charge in [-0.25, -0.2) is 4.79 Å². The zero-order chi connectivity index (χ0) is 15.4. The lowest BCUT2D eigenvalue weighted by atomic mass is 9.99. The maximum Gasteiger partial charge on any atom is 0.410 e. The number of amides is 1. The summed E-state index contributed by atoms with van der Waals surface area (Å²) in [5.41, 5.74) is 2.29. The maximum absolute atomic E-state index is 12.1. The molecule has 1 heterocycles. The fourth-order valence-corrected chi connectivity index (χ4v) is 3.01. The first kappa shape index (κ1) is 15.1. The first-order valence-corrected chi connectivity index (χ1v) is 8.23. The van der Waals surface area contributed by atoms with E-state index in [1.54, 1.807) is 4.90 Å². The highest BCUT2D eigenvalue weighted by Crippen LogP contribution is 2.28. The lowest BCUT2D eigenvalue weighted by molar-refractivity contribution is 0.104. The molecule has 0 saturated carbocycles. The highest BCUT2D eigenvalue weighted by atomic mass is 79.9. The number of benzene rings is 2. The Hall–Kier alpha value is -1.81. The highest BCUT2D eigenvalue weighted by molar-refractivity contribution is 9.10. The number of carbonyl (C=O) groups excluding carboxylic acids is 1. The summed E-state index contributed by atoms with van der Waals surface area (Å²) in [5, 5.41) is 0. The number of nitrogens with zero attached hydrogens (tertiary/aromatic N) is 1. The van der Waals surface area contributed by atoms with Gasteiger partial charge in [0.1, 0.15) is 6.61 Å². The molecular formula is C18H18BrNO2. The van der Waals surface area contributed by atoms with Gasteiger partial charge in [0.15, 0.2) is 0 Å². The normalized spacial score (nSPS) is 17.5. The second-order valence-corrected chi connectivity index (χ2v) is 6.44. The van der Waals surface area contributed by atoms with E-state index in [0.29, 0.717) is 12.5 Å². The average Bonchev–Trinajstić information content (AvgIpc) is 3.04. The molecule has 0 N–H and O–H groups in total. The number of hydrogen-bond acceptors (Lipinski definition) is 2. The van der Waals surface area contributed by atoms with Gasteiger partial charge in [0.25, 0.3) is 0 Å². The summed E-state index contributed by atoms with van der Waals surface area (Å²) in [7, 11) is 0. The van der Waals surface area contributed by atoms with Crippen LogP contribution in [0.15, 0.2) is 59.1 Å². The van der Waals surface area contributed by atoms with E-state index in [4.69, 9.17) is 4.74 Å². The van der Waals surface area contributed by atoms with Gasteiger partial charge >= 0.3 is 6.09 Å². The van der Waals surface area contributed by atoms with Crippen LogP contribution in [0.4, 0.5) is 4.79 Å². The van der Waals surface area contributed by atoms with Gasteiger partial charge in [-0.05, 0) is 29.7 Å². The summed E-state index contributed by atoms with van der Waals surface area (Å²) in [6.45, 7) is 1.82. The van der Waals surface area contributed by atoms with Crippen molar-refractivity contribution in [2.75, 3.05) is 13.1 Å². The third-order valence-corrected chi connectivity index (χ3v) is 4.52. The van der Waals surface area contributed by atoms with Crippen molar-refractivity contribution >= 4 is 22.0 Å². The van der Waals surface area contributed by atoms with Gasteiger partial charge in [-0.1, -0.05) is 58.4 Å². The van der Waals surface area contributed by atoms with E-state index in [0.717, 1.165) is 29.5 Å². The van der Waals surface area contributed by atoms with Crippen molar-refractivity contribution in [3.63, 3.8) is 0 Å². The van der Waals surface area contributed by atoms with Crippen molar-refractivity contribution in [3.8, 4) is 0 Å². The molecule has 1 unspecified atom stereocenters. The summed E-state index contributed by atoms with van der Waals surface area (Å²) in [5.74, 6) is 0.400. The van der Waals surface area contributed by atoms with Gasteiger partial charge in [0.05, 0.1) is 0 Å². The molecule has 3 nitrogen and oxygen atoms in total. The minimum atomic E-state index is -0.219. The molecule has 0 aliphatic carbocycles. The molecule has 0 radical (unpaired) electrons. The van der Waals surface area contributed by atoms with Crippen LogP contribution < -0.4 is 0 Å². The summed E-state index contributed by atoms with van der Waals surface area (Å²) in [4.78, 5) is 13.9. The van der Waals surface area contributed by atoms with Gasteiger partial charge in [-0.3, -0.25) is 0 Å². The Balaban J connectivity index is 1.53. The molecular weight excluding hydrogens is 342 g/mol. The molecule has 1 atom stereocenters. The average molecular weight is 360 g/mol. The third-order valence-electron chi connectivity index (χ3n) is 3.99. The van der Waals surface area contributed by atoms with Crippen LogP contribution in [-0.2, 0) is 11.3 Å². The van der Waals surface area contributed by atoms with Gasteiger partial charge < -0.3 is 9.64 Å². The van der Waals surface area contributed by atoms with E-state index < -0.39 is 0 Å². The number of carbonyl (C=O) groups is 1. The molecule has 0 aromatic heterocycles. The van der Waals surface area contributed by atoms with E-state index in [-0.39, 0.29) is 6.09 Å². The van der Waals surface area contributed by atoms with Crippen LogP contribution in [0.1, 0.15) is 23.5 Å². The zero-order valence-corrected chi connectivity index (χ0v) is 13.8. The van der Waals surface area contributed by atoms with Crippen LogP contribution >= 0.6 is 15.9 Å². The summed E-state index contributed by atoms with van der Waals surface area (Å²) < 4.78 is 6.47. The smallest absolute Gasteiger partial charge is 0.410 e. The Kier molecular flexibility index (Phi) is 4.78. The van der Waals surface area contributed by atoms with Crippen LogP contribution in [-0.4, -0.2) is 24.1 Å². The second kappa shape index (κ2) is 6.97. The van der Waals surface area contributed by atoms with Crippen molar-refractivity contribution in [2.24, 2.45) is 0 Å². The van der Waals surface area contributed by atoms with Crippen molar-refractivity contribution in [1.29, 1.82) is 0 Å². The standard InChI is InChI=1S/C18H18BrNO2/c19-17-8-6-15(7-9-17)16-10-11-20(12-16)18(21)22-13-14-4-2-1-3-5-14/h1-9,16H,10-13H2. The second-order valence-electron chi connectivity index (χ2n) is 5.52. The van der Waals surface area contributed by atoms with Crippen molar-refractivity contribution in [3.05, 3.63) is 70.2 Å². The predicted octanol–water partition coefficient (Wildman–Crippen LogP) is 4.58. The minimum absolute atomic E-state index is 0.219. The molecule has 0 bridgehead atoms. The summed E-state index contributed by atoms with van der Waals surface area (Å²) in [6.07, 6.45) is 0.769. The first-order chi connectivity index (χ1) is 10.7. The first-order valence-electron chi connectivity index (χ1n) is 7.43. The van der Waals surface area contributed by atoms with Crippen LogP contribution in [0.25, 0.3) is 0 Å². The minimum Gasteiger partial charge on any atom is -0.445 e. The molecule has 1 fully saturated rings. The quantitative estimate of drug-likeness (QED) is 0.802. The largest absolute Gasteiger partial charge is 0.445 e. The SMILES string of the molecule is O=C(OCc1ccccc1)N1CCC(c2ccc(Br)cc2)C1. The molecule has 4 heteroatoms. The topological polar surface area (TPSA) is 29.5 Å². The van der Waals surface area contributed by atoms with Crippen molar-refractivity contribution in [2.45, 2.75) is 18.9 Å². The lowest BCUT2D eigenvalue weighted by Crippen LogP contribution is -2.29. The number of rotatable bonds is 3. The third kappa shape index (κ3) is 3.69. The molecule has 22 heavy (non-hydrogen) atoms. The number of halogens is 1. The highest BCUT2D eigenvalue weighted by Gasteiger charge is 2.28. The fourth-order valence-electron chi connectivity index (χ4n) is 2.74. The van der Waals surface area contributed by atoms with Crippen molar-refractivity contribution < 1.29 is 9.53 Å². The molecule has 1 saturated heterocycles. The monoisotopic (exact) mass is 359 g/mol. The molecule has 2 aromatic carbocycles. The summed E-state index contributed by atoms with van der Waals surface area (Å²) in [6, 6.07) is 18.1. The fraction of sp³-hybridized carbons (Fsp3) is 0.278. The Bertz CT molecular complexity index is 627. The molecule has 114 valence electrons. The van der Waals surface area contributed by atoms with Gasteiger partial charge in [0, 0.05) is 23.5 Å².